The number of rotatable bonds is 21. The maximum Gasteiger partial charge on any atom is 0.410 e. The molecule has 6 unspecified atom stereocenters. The fourth-order valence-corrected chi connectivity index (χ4v) is 9.02. The molecule has 6 atom stereocenters. The number of carbonyl (C=O) groups excluding carboxylic acids is 2. The highest BCUT2D eigenvalue weighted by Gasteiger charge is 2.65. The van der Waals surface area contributed by atoms with Crippen LogP contribution in [0.1, 0.15) is 79.3 Å². The maximum atomic E-state index is 14.3. The summed E-state index contributed by atoms with van der Waals surface area (Å²) >= 11 is 6.03. The molecule has 0 radical (unpaired) electrons. The van der Waals surface area contributed by atoms with E-state index < -0.39 is 29.7 Å². The van der Waals surface area contributed by atoms with Crippen LogP contribution in [0.15, 0.2) is 96.2 Å². The Morgan fingerprint density at radius 1 is 1.05 bits per heavy atom. The summed E-state index contributed by atoms with van der Waals surface area (Å²) in [5.41, 5.74) is 3.51. The van der Waals surface area contributed by atoms with E-state index in [0.29, 0.717) is 53.5 Å². The molecule has 1 amide bonds. The molecule has 6 rings (SSSR count). The van der Waals surface area contributed by atoms with E-state index in [0.717, 1.165) is 43.1 Å². The molecular weight excluding hydrogens is 779 g/mol. The van der Waals surface area contributed by atoms with Crippen molar-refractivity contribution in [2.45, 2.75) is 76.2 Å². The van der Waals surface area contributed by atoms with Crippen LogP contribution in [-0.2, 0) is 20.9 Å². The Morgan fingerprint density at radius 2 is 1.81 bits per heavy atom. The van der Waals surface area contributed by atoms with E-state index in [1.54, 1.807) is 53.4 Å². The number of oxime groups is 1. The third-order valence-electron chi connectivity index (χ3n) is 11.4. The number of ether oxygens (including phenoxy) is 4. The van der Waals surface area contributed by atoms with Crippen LogP contribution in [0.2, 0.25) is 0 Å². The van der Waals surface area contributed by atoms with E-state index >= 15 is 0 Å². The van der Waals surface area contributed by atoms with Gasteiger partial charge < -0.3 is 34.0 Å². The number of fused-ring (bicyclic) bond motifs is 2. The van der Waals surface area contributed by atoms with Gasteiger partial charge >= 0.3 is 6.09 Å². The van der Waals surface area contributed by atoms with E-state index in [1.165, 1.54) is 12.1 Å². The van der Waals surface area contributed by atoms with Crippen LogP contribution in [-0.4, -0.2) is 83.9 Å². The molecule has 0 bridgehead atoms. The molecule has 0 saturated heterocycles. The zero-order valence-electron chi connectivity index (χ0n) is 33.5. The molecule has 1 heterocycles. The lowest BCUT2D eigenvalue weighted by atomic mass is 9.55. The van der Waals surface area contributed by atoms with Gasteiger partial charge in [0.15, 0.2) is 0 Å². The fourth-order valence-electron chi connectivity index (χ4n) is 8.94. The van der Waals surface area contributed by atoms with Crippen molar-refractivity contribution in [3.8, 4) is 17.2 Å². The van der Waals surface area contributed by atoms with E-state index in [2.05, 4.69) is 12.7 Å². The van der Waals surface area contributed by atoms with Gasteiger partial charge in [-0.2, -0.15) is 0 Å². The second-order valence-electron chi connectivity index (χ2n) is 15.0. The van der Waals surface area contributed by atoms with Crippen LogP contribution < -0.4 is 9.47 Å². The largest absolute Gasteiger partial charge is 0.459 e. The molecule has 13 heteroatoms. The highest BCUT2D eigenvalue weighted by molar-refractivity contribution is 6.18. The number of halogens is 2. The second-order valence-corrected chi connectivity index (χ2v) is 15.4. The standard InChI is InChI=1S/C46H54ClFN2O9/c1-3-23-56-46-42(50(45(54)55-24-20-47)29-31-14-16-34(48)17-15-31)28-40(49-57-4-2)38-26-33(11-5-7-21-51)37(13-6-8-22-52)43(44(38)46)39-27-36(18-19-41(39)59-46)58-35-12-9-10-32(25-35)30-53/h3,9-10,12,14-19,25-27,30,33,37,42-44,51-52H,1,4-8,11,13,20-24,28-29H2,2H3. The number of benzene rings is 3. The Hall–Kier alpha value is -4.75. The maximum absolute atomic E-state index is 14.3. The lowest BCUT2D eigenvalue weighted by Gasteiger charge is -2.59. The summed E-state index contributed by atoms with van der Waals surface area (Å²) in [4.78, 5) is 33.3. The van der Waals surface area contributed by atoms with Gasteiger partial charge in [-0.1, -0.05) is 54.4 Å². The van der Waals surface area contributed by atoms with E-state index in [-0.39, 0.29) is 63.0 Å². The molecule has 316 valence electrons. The summed E-state index contributed by atoms with van der Waals surface area (Å²) in [7, 11) is 0. The first-order valence-corrected chi connectivity index (χ1v) is 21.0. The van der Waals surface area contributed by atoms with Gasteiger partial charge in [0.05, 0.1) is 24.1 Å². The van der Waals surface area contributed by atoms with Gasteiger partial charge in [-0.15, -0.1) is 18.2 Å². The number of hydrogen-bond donors (Lipinski definition) is 2. The van der Waals surface area contributed by atoms with Gasteiger partial charge in [-0.05, 0) is 98.0 Å². The summed E-state index contributed by atoms with van der Waals surface area (Å²) in [5.74, 6) is -1.14. The predicted molar refractivity (Wildman–Crippen MR) is 222 cm³/mol. The Morgan fingerprint density at radius 3 is 2.53 bits per heavy atom. The Labute approximate surface area is 350 Å². The molecule has 3 aromatic carbocycles. The number of aldehydes is 1. The average Bonchev–Trinajstić information content (AvgIpc) is 3.25. The number of carbonyl (C=O) groups is 2. The summed E-state index contributed by atoms with van der Waals surface area (Å²) in [6.07, 6.45) is 8.51. The monoisotopic (exact) mass is 832 g/mol. The smallest absolute Gasteiger partial charge is 0.410 e. The second kappa shape index (κ2) is 21.0. The number of alkyl halides is 1. The van der Waals surface area contributed by atoms with Crippen molar-refractivity contribution in [1.82, 2.24) is 4.90 Å². The molecule has 2 aliphatic carbocycles. The summed E-state index contributed by atoms with van der Waals surface area (Å²) in [6, 6.07) is 17.6. The Bertz CT molecular complexity index is 1960. The molecular formula is C46H54ClFN2O9. The Balaban J connectivity index is 1.60. The summed E-state index contributed by atoms with van der Waals surface area (Å²) in [6.45, 7) is 6.32. The number of amides is 1. The lowest BCUT2D eigenvalue weighted by Crippen LogP contribution is -2.70. The van der Waals surface area contributed by atoms with Crippen molar-refractivity contribution in [3.05, 3.63) is 114 Å². The molecule has 11 nitrogen and oxygen atoms in total. The summed E-state index contributed by atoms with van der Waals surface area (Å²) < 4.78 is 40.5. The molecule has 0 aromatic heterocycles. The van der Waals surface area contributed by atoms with Crippen molar-refractivity contribution in [1.29, 1.82) is 0 Å². The number of aliphatic hydroxyl groups is 2. The van der Waals surface area contributed by atoms with Crippen molar-refractivity contribution in [2.75, 3.05) is 38.9 Å². The molecule has 3 aromatic rings. The number of unbranched alkanes of at least 4 members (excludes halogenated alkanes) is 2. The predicted octanol–water partition coefficient (Wildman–Crippen LogP) is 8.96. The highest BCUT2D eigenvalue weighted by atomic mass is 35.5. The van der Waals surface area contributed by atoms with Crippen LogP contribution in [0, 0.1) is 23.6 Å². The Kier molecular flexibility index (Phi) is 15.6. The number of aliphatic hydroxyl groups excluding tert-OH is 2. The number of hydrogen-bond acceptors (Lipinski definition) is 10. The molecule has 59 heavy (non-hydrogen) atoms. The number of nitrogens with zero attached hydrogens (tertiary/aromatic N) is 2. The molecule has 1 saturated carbocycles. The SMILES string of the molecule is C=CCOC12Oc3ccc(Oc4cccc(C=O)c4)cc3C3C(CCCCO)C(CCCCO)C=C(C(=NOCC)CC1N(Cc1ccc(F)cc1)C(=O)OCCCl)C32. The molecule has 2 N–H and O–H groups in total. The van der Waals surface area contributed by atoms with Crippen LogP contribution >= 0.6 is 11.6 Å². The molecule has 3 aliphatic rings. The minimum atomic E-state index is -1.53. The lowest BCUT2D eigenvalue weighted by molar-refractivity contribution is -0.256. The minimum Gasteiger partial charge on any atom is -0.459 e. The first-order chi connectivity index (χ1) is 28.8. The fraction of sp³-hybridized carbons (Fsp3) is 0.457. The van der Waals surface area contributed by atoms with Crippen LogP contribution in [0.3, 0.4) is 0 Å². The van der Waals surface area contributed by atoms with Gasteiger partial charge in [0.25, 0.3) is 0 Å². The molecule has 1 aliphatic heterocycles. The van der Waals surface area contributed by atoms with Crippen molar-refractivity contribution < 1.29 is 48.0 Å². The van der Waals surface area contributed by atoms with Crippen molar-refractivity contribution >= 4 is 29.7 Å². The van der Waals surface area contributed by atoms with E-state index in [1.807, 2.05) is 19.1 Å². The van der Waals surface area contributed by atoms with Crippen LogP contribution in [0.5, 0.6) is 17.2 Å². The van der Waals surface area contributed by atoms with Crippen molar-refractivity contribution in [2.24, 2.45) is 22.9 Å². The number of allylic oxidation sites excluding steroid dienone is 1. The van der Waals surface area contributed by atoms with Gasteiger partial charge in [-0.3, -0.25) is 9.69 Å². The van der Waals surface area contributed by atoms with Crippen molar-refractivity contribution in [3.63, 3.8) is 0 Å². The first kappa shape index (κ1) is 43.8. The topological polar surface area (TPSA) is 136 Å². The average molecular weight is 833 g/mol. The first-order valence-electron chi connectivity index (χ1n) is 20.5. The van der Waals surface area contributed by atoms with Gasteiger partial charge in [0.2, 0.25) is 5.79 Å². The van der Waals surface area contributed by atoms with E-state index in [4.69, 9.17) is 40.5 Å². The van der Waals surface area contributed by atoms with E-state index in [9.17, 15) is 24.2 Å². The van der Waals surface area contributed by atoms with Gasteiger partial charge in [-0.25, -0.2) is 9.18 Å². The van der Waals surface area contributed by atoms with Crippen LogP contribution in [0.4, 0.5) is 9.18 Å². The molecule has 0 spiro atoms. The quantitative estimate of drug-likeness (QED) is 0.0355. The van der Waals surface area contributed by atoms with Gasteiger partial charge in [0, 0.05) is 43.2 Å². The van der Waals surface area contributed by atoms with Gasteiger partial charge in [0.1, 0.15) is 48.6 Å². The minimum absolute atomic E-state index is 0.0159. The highest BCUT2D eigenvalue weighted by Crippen LogP contribution is 2.62. The summed E-state index contributed by atoms with van der Waals surface area (Å²) in [5, 5.41) is 24.5. The third-order valence-corrected chi connectivity index (χ3v) is 11.5. The zero-order valence-corrected chi connectivity index (χ0v) is 34.2. The normalized spacial score (nSPS) is 23.6. The van der Waals surface area contributed by atoms with Crippen LogP contribution in [0.25, 0.3) is 0 Å². The third kappa shape index (κ3) is 10.0. The molecule has 1 fully saturated rings. The zero-order chi connectivity index (χ0) is 41.8.